The van der Waals surface area contributed by atoms with E-state index in [1.165, 1.54) is 7.11 Å². The van der Waals surface area contributed by atoms with E-state index in [2.05, 4.69) is 20.3 Å². The molecule has 0 bridgehead atoms. The molecule has 8 nitrogen and oxygen atoms in total. The number of carbonyl (C=O) groups is 1. The highest BCUT2D eigenvalue weighted by Crippen LogP contribution is 2.48. The molecule has 1 N–H and O–H groups in total. The Bertz CT molecular complexity index is 981. The Morgan fingerprint density at radius 2 is 2.00 bits per heavy atom. The van der Waals surface area contributed by atoms with E-state index < -0.39 is 11.0 Å². The molecule has 1 unspecified atom stereocenters. The Morgan fingerprint density at radius 1 is 1.27 bits per heavy atom. The van der Waals surface area contributed by atoms with Gasteiger partial charge in [-0.25, -0.2) is 4.98 Å². The van der Waals surface area contributed by atoms with Gasteiger partial charge in [0.1, 0.15) is 11.9 Å². The average molecular weight is 450 g/mol. The van der Waals surface area contributed by atoms with Crippen molar-refractivity contribution in [2.45, 2.75) is 44.7 Å². The summed E-state index contributed by atoms with van der Waals surface area (Å²) in [5.41, 5.74) is 1.20. The quantitative estimate of drug-likeness (QED) is 0.548. The number of quaternary nitrogens is 1. The van der Waals surface area contributed by atoms with Crippen LogP contribution < -0.4 is 5.32 Å². The van der Waals surface area contributed by atoms with Gasteiger partial charge in [0.05, 0.1) is 36.2 Å². The fourth-order valence-corrected chi connectivity index (χ4v) is 4.61. The van der Waals surface area contributed by atoms with E-state index in [9.17, 15) is 4.79 Å². The number of allylic oxidation sites excluding steroid dienone is 1. The molecule has 1 aromatic heterocycles. The number of rotatable bonds is 5. The minimum atomic E-state index is -0.537. The van der Waals surface area contributed by atoms with Crippen LogP contribution in [0.4, 0.5) is 0 Å². The molecular weight excluding hydrogens is 427 g/mol. The van der Waals surface area contributed by atoms with Gasteiger partial charge in [0.2, 0.25) is 12.0 Å². The molecule has 4 rings (SSSR count). The zero-order valence-corrected chi connectivity index (χ0v) is 18.3. The van der Waals surface area contributed by atoms with Crippen LogP contribution in [0.25, 0.3) is 0 Å². The van der Waals surface area contributed by atoms with Gasteiger partial charge in [0.25, 0.3) is 0 Å². The molecule has 158 valence electrons. The van der Waals surface area contributed by atoms with E-state index in [4.69, 9.17) is 33.1 Å². The van der Waals surface area contributed by atoms with Crippen LogP contribution in [0, 0.1) is 5.41 Å². The first-order valence-corrected chi connectivity index (χ1v) is 10.4. The van der Waals surface area contributed by atoms with E-state index in [1.54, 1.807) is 37.3 Å². The lowest BCUT2D eigenvalue weighted by Gasteiger charge is -2.43. The molecule has 0 radical (unpaired) electrons. The number of aromatic nitrogens is 2. The maximum atomic E-state index is 12.3. The molecule has 0 aromatic carbocycles. The van der Waals surface area contributed by atoms with Crippen LogP contribution in [0.5, 0.6) is 0 Å². The Labute approximate surface area is 185 Å². The predicted molar refractivity (Wildman–Crippen MR) is 114 cm³/mol. The highest BCUT2D eigenvalue weighted by atomic mass is 35.5. The van der Waals surface area contributed by atoms with Crippen LogP contribution in [-0.4, -0.2) is 45.1 Å². The second-order valence-electron chi connectivity index (χ2n) is 8.02. The van der Waals surface area contributed by atoms with Crippen LogP contribution >= 0.6 is 23.4 Å². The van der Waals surface area contributed by atoms with Gasteiger partial charge in [0.15, 0.2) is 16.9 Å². The number of hydrogen-bond donors (Lipinski definition) is 1. The number of aliphatic imine (C=N–C) groups is 2. The largest absolute Gasteiger partial charge is 0.469 e. The Balaban J connectivity index is 1.68. The summed E-state index contributed by atoms with van der Waals surface area (Å²) < 4.78 is 4.99. The second-order valence-corrected chi connectivity index (χ2v) is 8.94. The number of halogens is 2. The fraction of sp³-hybridized carbons (Fsp3) is 0.450. The standard InChI is InChI=1S/C20H23Cl2N6O2/c1-19(18(29)30-2)3-5-20(6-4-19,27-11-14-17(21)25-8-7-24-14)16-15-12-23-9-10-28(15,22)13-26-16/h7-10,12-13,27H,3-6,11H2,1-2H3/q+1. The van der Waals surface area contributed by atoms with E-state index in [0.717, 1.165) is 11.4 Å². The van der Waals surface area contributed by atoms with Crippen molar-refractivity contribution < 1.29 is 13.5 Å². The first kappa shape index (κ1) is 21.1. The van der Waals surface area contributed by atoms with Crippen LogP contribution in [-0.2, 0) is 16.1 Å². The summed E-state index contributed by atoms with van der Waals surface area (Å²) in [5.74, 6) is -0.190. The molecule has 1 saturated carbocycles. The lowest BCUT2D eigenvalue weighted by atomic mass is 9.67. The average Bonchev–Trinajstić information content (AvgIpc) is 3.12. The maximum Gasteiger partial charge on any atom is 0.311 e. The number of carbonyl (C=O) groups excluding carboxylic acids is 1. The summed E-state index contributed by atoms with van der Waals surface area (Å²) >= 11 is 12.9. The molecule has 0 spiro atoms. The van der Waals surface area contributed by atoms with E-state index in [-0.39, 0.29) is 9.97 Å². The zero-order chi connectivity index (χ0) is 21.4. The smallest absolute Gasteiger partial charge is 0.311 e. The van der Waals surface area contributed by atoms with Gasteiger partial charge in [-0.15, -0.1) is 4.00 Å². The summed E-state index contributed by atoms with van der Waals surface area (Å²) in [6.07, 6.45) is 12.6. The summed E-state index contributed by atoms with van der Waals surface area (Å²) in [6.45, 7) is 2.36. The maximum absolute atomic E-state index is 12.3. The lowest BCUT2D eigenvalue weighted by Crippen LogP contribution is -2.52. The minimum Gasteiger partial charge on any atom is -0.469 e. The Hall–Kier alpha value is -2.13. The van der Waals surface area contributed by atoms with Crippen molar-refractivity contribution in [2.75, 3.05) is 7.11 Å². The third-order valence-corrected chi connectivity index (χ3v) is 6.89. The second kappa shape index (κ2) is 7.85. The topological polar surface area (TPSA) is 88.8 Å². The number of nitrogens with one attached hydrogen (secondary N) is 1. The van der Waals surface area contributed by atoms with Crippen molar-refractivity contribution >= 4 is 41.9 Å². The molecule has 0 saturated heterocycles. The molecule has 3 aliphatic rings. The van der Waals surface area contributed by atoms with E-state index in [1.807, 2.05) is 6.92 Å². The number of methoxy groups -OCH3 is 1. The highest BCUT2D eigenvalue weighted by molar-refractivity contribution is 6.29. The Morgan fingerprint density at radius 3 is 2.70 bits per heavy atom. The third-order valence-electron chi connectivity index (χ3n) is 6.19. The van der Waals surface area contributed by atoms with Crippen LogP contribution in [0.15, 0.2) is 46.2 Å². The monoisotopic (exact) mass is 449 g/mol. The number of fused-ring (bicyclic) bond motifs is 1. The van der Waals surface area contributed by atoms with Gasteiger partial charge >= 0.3 is 5.97 Å². The molecule has 3 heterocycles. The fourth-order valence-electron chi connectivity index (χ4n) is 4.22. The summed E-state index contributed by atoms with van der Waals surface area (Å²) in [5, 5.41) is 3.97. The van der Waals surface area contributed by atoms with Crippen molar-refractivity contribution in [1.82, 2.24) is 15.3 Å². The number of ether oxygens (including phenoxy) is 1. The summed E-state index contributed by atoms with van der Waals surface area (Å²) in [6, 6.07) is 0. The van der Waals surface area contributed by atoms with Gasteiger partial charge in [-0.1, -0.05) is 11.6 Å². The third kappa shape index (κ3) is 3.58. The van der Waals surface area contributed by atoms with Gasteiger partial charge in [-0.3, -0.25) is 14.8 Å². The van der Waals surface area contributed by atoms with E-state index in [0.29, 0.717) is 43.1 Å². The molecule has 1 aliphatic carbocycles. The molecule has 1 atom stereocenters. The number of hydrogen-bond acceptors (Lipinski definition) is 7. The molecule has 1 aromatic rings. The van der Waals surface area contributed by atoms with Crippen LogP contribution in [0.1, 0.15) is 38.3 Å². The van der Waals surface area contributed by atoms with Gasteiger partial charge in [0, 0.05) is 18.9 Å². The summed E-state index contributed by atoms with van der Waals surface area (Å²) in [4.78, 5) is 29.7. The number of nitrogens with zero attached hydrogens (tertiary/aromatic N) is 5. The first-order chi connectivity index (χ1) is 14.3. The number of esters is 1. The van der Waals surface area contributed by atoms with E-state index >= 15 is 0 Å². The zero-order valence-electron chi connectivity index (χ0n) is 16.8. The van der Waals surface area contributed by atoms with Gasteiger partial charge in [-0.2, -0.15) is 4.99 Å². The van der Waals surface area contributed by atoms with Crippen molar-refractivity contribution in [3.63, 3.8) is 0 Å². The minimum absolute atomic E-state index is 0.0531. The van der Waals surface area contributed by atoms with Crippen molar-refractivity contribution in [3.8, 4) is 0 Å². The van der Waals surface area contributed by atoms with Gasteiger partial charge in [-0.05, 0) is 32.6 Å². The molecular formula is C20H23Cl2N6O2+. The Kier molecular flexibility index (Phi) is 5.52. The highest BCUT2D eigenvalue weighted by Gasteiger charge is 2.51. The van der Waals surface area contributed by atoms with Crippen LogP contribution in [0.2, 0.25) is 5.15 Å². The molecule has 2 aliphatic heterocycles. The lowest BCUT2D eigenvalue weighted by molar-refractivity contribution is -0.592. The van der Waals surface area contributed by atoms with Crippen molar-refractivity contribution in [3.05, 3.63) is 47.0 Å². The first-order valence-electron chi connectivity index (χ1n) is 9.70. The normalized spacial score (nSPS) is 32.4. The molecule has 10 heteroatoms. The van der Waals surface area contributed by atoms with Gasteiger partial charge < -0.3 is 10.1 Å². The molecule has 30 heavy (non-hydrogen) atoms. The van der Waals surface area contributed by atoms with Crippen LogP contribution in [0.3, 0.4) is 0 Å². The van der Waals surface area contributed by atoms with Crippen molar-refractivity contribution in [2.24, 2.45) is 15.4 Å². The predicted octanol–water partition coefficient (Wildman–Crippen LogP) is 3.49. The summed E-state index contributed by atoms with van der Waals surface area (Å²) in [7, 11) is 1.43. The molecule has 0 amide bonds. The van der Waals surface area contributed by atoms with Crippen molar-refractivity contribution in [1.29, 1.82) is 0 Å². The molecule has 1 fully saturated rings. The SMILES string of the molecule is COC(=O)C1(C)CCC(NCc2nccnc2Cl)(C2=C3C=NC=C[N+]3(Cl)C=N2)CC1.